The molecule has 0 spiro atoms. The van der Waals surface area contributed by atoms with Crippen LogP contribution in [0.2, 0.25) is 0 Å². The van der Waals surface area contributed by atoms with Crippen molar-refractivity contribution in [3.05, 3.63) is 47.9 Å². The van der Waals surface area contributed by atoms with E-state index in [1.54, 1.807) is 0 Å². The molecule has 3 aromatic rings. The molecule has 0 bridgehead atoms. The van der Waals surface area contributed by atoms with Crippen molar-refractivity contribution < 1.29 is 26.0 Å². The zero-order chi connectivity index (χ0) is 19.9. The molecule has 1 N–H and O–H groups in total. The van der Waals surface area contributed by atoms with E-state index >= 15 is 0 Å². The van der Waals surface area contributed by atoms with Crippen molar-refractivity contribution in [2.75, 3.05) is 4.72 Å². The first-order chi connectivity index (χ1) is 13.2. The lowest BCUT2D eigenvalue weighted by atomic mass is 9.85. The van der Waals surface area contributed by atoms with E-state index < -0.39 is 21.8 Å². The fourth-order valence-electron chi connectivity index (χ4n) is 2.70. The quantitative estimate of drug-likeness (QED) is 0.625. The van der Waals surface area contributed by atoms with Gasteiger partial charge in [0.05, 0.1) is 10.4 Å². The first-order valence-corrected chi connectivity index (χ1v) is 10.7. The number of alkyl halides is 3. The number of thiophene rings is 1. The number of halogens is 3. The Hall–Kier alpha value is -2.40. The molecule has 2 aromatic heterocycles. The molecule has 1 saturated carbocycles. The van der Waals surface area contributed by atoms with Crippen LogP contribution in [-0.2, 0) is 16.2 Å². The van der Waals surface area contributed by atoms with E-state index in [9.17, 15) is 21.6 Å². The monoisotopic (exact) mass is 429 g/mol. The molecule has 0 unspecified atom stereocenters. The van der Waals surface area contributed by atoms with Gasteiger partial charge in [0.1, 0.15) is 4.21 Å². The van der Waals surface area contributed by atoms with Crippen LogP contribution in [0, 0.1) is 0 Å². The van der Waals surface area contributed by atoms with Crippen LogP contribution in [0.4, 0.5) is 18.9 Å². The van der Waals surface area contributed by atoms with Crippen LogP contribution < -0.4 is 4.72 Å². The van der Waals surface area contributed by atoms with Crippen molar-refractivity contribution in [1.29, 1.82) is 0 Å². The molecule has 6 nitrogen and oxygen atoms in total. The van der Waals surface area contributed by atoms with Gasteiger partial charge >= 0.3 is 6.18 Å². The van der Waals surface area contributed by atoms with E-state index in [-0.39, 0.29) is 21.7 Å². The van der Waals surface area contributed by atoms with Gasteiger partial charge in [-0.2, -0.15) is 13.2 Å². The Morgan fingerprint density at radius 3 is 2.61 bits per heavy atom. The molecule has 11 heteroatoms. The molecule has 0 radical (unpaired) electrons. The van der Waals surface area contributed by atoms with Crippen molar-refractivity contribution in [3.63, 3.8) is 0 Å². The highest BCUT2D eigenvalue weighted by molar-refractivity contribution is 7.94. The molecule has 4 rings (SSSR count). The average molecular weight is 429 g/mol. The Morgan fingerprint density at radius 2 is 1.93 bits per heavy atom. The zero-order valence-electron chi connectivity index (χ0n) is 14.2. The Balaban J connectivity index is 1.55. The van der Waals surface area contributed by atoms with Gasteiger partial charge in [0.2, 0.25) is 5.89 Å². The highest BCUT2D eigenvalue weighted by atomic mass is 32.2. The molecule has 148 valence electrons. The van der Waals surface area contributed by atoms with Gasteiger partial charge in [-0.1, -0.05) is 12.5 Å². The average Bonchev–Trinajstić information content (AvgIpc) is 3.21. The second-order valence-electron chi connectivity index (χ2n) is 6.38. The van der Waals surface area contributed by atoms with Crippen LogP contribution >= 0.6 is 11.3 Å². The lowest BCUT2D eigenvalue weighted by Crippen LogP contribution is -2.12. The van der Waals surface area contributed by atoms with Gasteiger partial charge < -0.3 is 4.42 Å². The first-order valence-electron chi connectivity index (χ1n) is 8.36. The van der Waals surface area contributed by atoms with E-state index in [4.69, 9.17) is 4.42 Å². The summed E-state index contributed by atoms with van der Waals surface area (Å²) in [5.41, 5.74) is -1.11. The molecule has 0 aliphatic heterocycles. The summed E-state index contributed by atoms with van der Waals surface area (Å²) in [6, 6.07) is 6.89. The minimum absolute atomic E-state index is 0.0664. The van der Waals surface area contributed by atoms with Gasteiger partial charge in [-0.15, -0.1) is 21.5 Å². The number of aromatic nitrogens is 2. The fourth-order valence-corrected chi connectivity index (χ4v) is 4.98. The second kappa shape index (κ2) is 6.89. The summed E-state index contributed by atoms with van der Waals surface area (Å²) in [7, 11) is -4.05. The smallest absolute Gasteiger partial charge is 0.416 e. The largest absolute Gasteiger partial charge is 0.420 e. The third-order valence-electron chi connectivity index (χ3n) is 4.39. The van der Waals surface area contributed by atoms with Crippen LogP contribution in [0.1, 0.15) is 36.6 Å². The minimum atomic E-state index is -4.56. The lowest BCUT2D eigenvalue weighted by molar-refractivity contribution is -0.137. The number of anilines is 1. The third-order valence-corrected chi connectivity index (χ3v) is 7.34. The molecule has 1 fully saturated rings. The number of benzene rings is 1. The van der Waals surface area contributed by atoms with Crippen molar-refractivity contribution in [1.82, 2.24) is 10.2 Å². The summed E-state index contributed by atoms with van der Waals surface area (Å²) < 4.78 is 71.2. The number of hydrogen-bond acceptors (Lipinski definition) is 6. The van der Waals surface area contributed by atoms with Crippen molar-refractivity contribution in [3.8, 4) is 10.8 Å². The summed E-state index contributed by atoms with van der Waals surface area (Å²) in [5.74, 6) is 1.03. The normalized spacial score (nSPS) is 15.4. The van der Waals surface area contributed by atoms with Gasteiger partial charge in [0.15, 0.2) is 0 Å². The molecule has 28 heavy (non-hydrogen) atoms. The van der Waals surface area contributed by atoms with Gasteiger partial charge in [-0.25, -0.2) is 8.42 Å². The fraction of sp³-hybridized carbons (Fsp3) is 0.294. The van der Waals surface area contributed by atoms with Crippen LogP contribution in [-0.4, -0.2) is 18.6 Å². The molecule has 2 heterocycles. The molecule has 1 aliphatic rings. The van der Waals surface area contributed by atoms with Crippen molar-refractivity contribution in [2.24, 2.45) is 0 Å². The molecule has 0 atom stereocenters. The summed E-state index contributed by atoms with van der Waals surface area (Å²) in [4.78, 5) is 0.475. The molecule has 1 aliphatic carbocycles. The molecule has 1 aromatic carbocycles. The maximum atomic E-state index is 12.8. The summed E-state index contributed by atoms with van der Waals surface area (Å²) in [6.45, 7) is 0. The van der Waals surface area contributed by atoms with E-state index in [2.05, 4.69) is 14.9 Å². The van der Waals surface area contributed by atoms with E-state index in [0.29, 0.717) is 10.8 Å². The molecule has 0 amide bonds. The number of nitrogens with zero attached hydrogens (tertiary/aromatic N) is 2. The summed E-state index contributed by atoms with van der Waals surface area (Å²) in [6.07, 6.45) is -1.46. The van der Waals surface area contributed by atoms with Crippen LogP contribution in [0.5, 0.6) is 0 Å². The number of nitrogens with one attached hydrogen (secondary N) is 1. The van der Waals surface area contributed by atoms with Gasteiger partial charge in [0, 0.05) is 11.6 Å². The standard InChI is InChI=1S/C17H14F3N3O3S2/c18-17(19,20)11-5-2-6-12(9-11)23-28(24,25)14-8-7-13(27-14)16-22-21-15(26-16)10-3-1-4-10/h2,5-10,23H,1,3-4H2. The maximum absolute atomic E-state index is 12.8. The highest BCUT2D eigenvalue weighted by Crippen LogP contribution is 2.38. The predicted octanol–water partition coefficient (Wildman–Crippen LogP) is 4.89. The van der Waals surface area contributed by atoms with Gasteiger partial charge in [-0.05, 0) is 43.2 Å². The number of sulfonamides is 1. The highest BCUT2D eigenvalue weighted by Gasteiger charge is 2.31. The predicted molar refractivity (Wildman–Crippen MR) is 96.5 cm³/mol. The molecular weight excluding hydrogens is 415 g/mol. The minimum Gasteiger partial charge on any atom is -0.420 e. The van der Waals surface area contributed by atoms with Gasteiger partial charge in [-0.3, -0.25) is 4.72 Å². The van der Waals surface area contributed by atoms with Crippen molar-refractivity contribution >= 4 is 27.0 Å². The number of rotatable bonds is 5. The Morgan fingerprint density at radius 1 is 1.14 bits per heavy atom. The molecule has 0 saturated heterocycles. The van der Waals surface area contributed by atoms with Crippen LogP contribution in [0.25, 0.3) is 10.8 Å². The van der Waals surface area contributed by atoms with Crippen molar-refractivity contribution in [2.45, 2.75) is 35.6 Å². The summed E-state index contributed by atoms with van der Waals surface area (Å²) in [5, 5.41) is 7.97. The van der Waals surface area contributed by atoms with E-state index in [1.807, 2.05) is 0 Å². The lowest BCUT2D eigenvalue weighted by Gasteiger charge is -2.20. The van der Waals surface area contributed by atoms with E-state index in [1.165, 1.54) is 18.2 Å². The first kappa shape index (κ1) is 18.9. The topological polar surface area (TPSA) is 85.1 Å². The van der Waals surface area contributed by atoms with Crippen LogP contribution in [0.15, 0.2) is 45.0 Å². The Kier molecular flexibility index (Phi) is 4.66. The Labute approximate surface area is 162 Å². The van der Waals surface area contributed by atoms with Crippen LogP contribution in [0.3, 0.4) is 0 Å². The zero-order valence-corrected chi connectivity index (χ0v) is 15.9. The maximum Gasteiger partial charge on any atom is 0.416 e. The molecular formula is C17H14F3N3O3S2. The van der Waals surface area contributed by atoms with E-state index in [0.717, 1.165) is 48.8 Å². The SMILES string of the molecule is O=S(=O)(Nc1cccc(C(F)(F)F)c1)c1ccc(-c2nnc(C3CCC3)o2)s1. The number of hydrogen-bond donors (Lipinski definition) is 1. The third kappa shape index (κ3) is 3.76. The van der Waals surface area contributed by atoms with Gasteiger partial charge in [0.25, 0.3) is 15.9 Å². The second-order valence-corrected chi connectivity index (χ2v) is 9.37. The summed E-state index contributed by atoms with van der Waals surface area (Å²) >= 11 is 0.904. The Bertz CT molecular complexity index is 1100.